The molecule has 6 heteroatoms. The highest BCUT2D eigenvalue weighted by atomic mass is 35.5. The highest BCUT2D eigenvalue weighted by Gasteiger charge is 2.14. The van der Waals surface area contributed by atoms with Crippen molar-refractivity contribution in [2.75, 3.05) is 18.9 Å². The van der Waals surface area contributed by atoms with Crippen LogP contribution in [0.3, 0.4) is 0 Å². The lowest BCUT2D eigenvalue weighted by molar-refractivity contribution is -0.125. The van der Waals surface area contributed by atoms with E-state index in [0.717, 1.165) is 0 Å². The van der Waals surface area contributed by atoms with Gasteiger partial charge in [0, 0.05) is 5.69 Å². The number of hydrogen-bond acceptors (Lipinski definition) is 3. The Morgan fingerprint density at radius 1 is 1.22 bits per heavy atom. The summed E-state index contributed by atoms with van der Waals surface area (Å²) in [5, 5.41) is 8.02. The molecule has 18 heavy (non-hydrogen) atoms. The maximum Gasteiger partial charge on any atom is 0.246 e. The van der Waals surface area contributed by atoms with Crippen molar-refractivity contribution in [3.05, 3.63) is 30.3 Å². The van der Waals surface area contributed by atoms with Crippen LogP contribution in [0.25, 0.3) is 0 Å². The van der Waals surface area contributed by atoms with E-state index in [1.54, 1.807) is 26.1 Å². The Hall–Kier alpha value is -1.59. The molecule has 0 aliphatic carbocycles. The Bertz CT molecular complexity index is 384. The van der Waals surface area contributed by atoms with Gasteiger partial charge in [-0.3, -0.25) is 9.59 Å². The van der Waals surface area contributed by atoms with Gasteiger partial charge in [-0.1, -0.05) is 18.2 Å². The fourth-order valence-corrected chi connectivity index (χ4v) is 1.29. The van der Waals surface area contributed by atoms with Gasteiger partial charge in [0.1, 0.15) is 6.04 Å². The van der Waals surface area contributed by atoms with E-state index in [-0.39, 0.29) is 30.8 Å². The first-order valence-corrected chi connectivity index (χ1v) is 5.43. The third-order valence-corrected chi connectivity index (χ3v) is 2.15. The van der Waals surface area contributed by atoms with Crippen LogP contribution in [0.4, 0.5) is 5.69 Å². The van der Waals surface area contributed by atoms with E-state index in [2.05, 4.69) is 16.0 Å². The van der Waals surface area contributed by atoms with Crippen molar-refractivity contribution in [1.29, 1.82) is 0 Å². The van der Waals surface area contributed by atoms with Crippen molar-refractivity contribution in [2.45, 2.75) is 13.0 Å². The zero-order valence-electron chi connectivity index (χ0n) is 10.4. The standard InChI is InChI=1S/C12H17N3O2.ClH/c1-9(14-11(16)8-13-2)12(17)15-10-6-4-3-5-7-10;/h3-7,9,13H,8H2,1-2H3,(H,14,16)(H,15,17);1H. The summed E-state index contributed by atoms with van der Waals surface area (Å²) in [4.78, 5) is 23.0. The summed E-state index contributed by atoms with van der Waals surface area (Å²) in [5.74, 6) is -0.441. The van der Waals surface area contributed by atoms with Crippen LogP contribution in [0, 0.1) is 0 Å². The molecule has 0 heterocycles. The van der Waals surface area contributed by atoms with Gasteiger partial charge in [-0.25, -0.2) is 0 Å². The van der Waals surface area contributed by atoms with E-state index in [0.29, 0.717) is 5.69 Å². The Morgan fingerprint density at radius 3 is 2.39 bits per heavy atom. The summed E-state index contributed by atoms with van der Waals surface area (Å²) in [6.07, 6.45) is 0. The molecule has 0 radical (unpaired) electrons. The third kappa shape index (κ3) is 5.65. The maximum atomic E-state index is 11.7. The molecule has 0 saturated carbocycles. The second-order valence-corrected chi connectivity index (χ2v) is 3.67. The predicted octanol–water partition coefficient (Wildman–Crippen LogP) is 0.771. The number of halogens is 1. The quantitative estimate of drug-likeness (QED) is 0.741. The molecule has 1 aromatic carbocycles. The predicted molar refractivity (Wildman–Crippen MR) is 73.9 cm³/mol. The minimum Gasteiger partial charge on any atom is -0.343 e. The minimum absolute atomic E-state index is 0. The molecule has 0 fully saturated rings. The molecular weight excluding hydrogens is 254 g/mol. The number of amides is 2. The molecule has 100 valence electrons. The summed E-state index contributed by atoms with van der Waals surface area (Å²) >= 11 is 0. The monoisotopic (exact) mass is 271 g/mol. The van der Waals surface area contributed by atoms with Gasteiger partial charge >= 0.3 is 0 Å². The van der Waals surface area contributed by atoms with E-state index in [1.165, 1.54) is 0 Å². The molecule has 1 aromatic rings. The van der Waals surface area contributed by atoms with Crippen molar-refractivity contribution < 1.29 is 9.59 Å². The number of nitrogens with one attached hydrogen (secondary N) is 3. The maximum absolute atomic E-state index is 11.7. The number of likely N-dealkylation sites (N-methyl/N-ethyl adjacent to an activating group) is 1. The number of hydrogen-bond donors (Lipinski definition) is 3. The van der Waals surface area contributed by atoms with E-state index in [1.807, 2.05) is 18.2 Å². The largest absolute Gasteiger partial charge is 0.343 e. The fraction of sp³-hybridized carbons (Fsp3) is 0.333. The molecule has 0 aromatic heterocycles. The summed E-state index contributed by atoms with van der Waals surface area (Å²) < 4.78 is 0. The Morgan fingerprint density at radius 2 is 1.83 bits per heavy atom. The van der Waals surface area contributed by atoms with Crippen molar-refractivity contribution >= 4 is 29.9 Å². The normalized spacial score (nSPS) is 11.0. The van der Waals surface area contributed by atoms with Gasteiger partial charge < -0.3 is 16.0 Å². The van der Waals surface area contributed by atoms with Gasteiger partial charge in [-0.05, 0) is 26.1 Å². The molecule has 0 bridgehead atoms. The van der Waals surface area contributed by atoms with Crippen LogP contribution in [0.2, 0.25) is 0 Å². The second kappa shape index (κ2) is 8.49. The van der Waals surface area contributed by atoms with Crippen LogP contribution >= 0.6 is 12.4 Å². The van der Waals surface area contributed by atoms with Gasteiger partial charge in [0.05, 0.1) is 6.54 Å². The molecule has 5 nitrogen and oxygen atoms in total. The van der Waals surface area contributed by atoms with Crippen LogP contribution in [0.15, 0.2) is 30.3 Å². The lowest BCUT2D eigenvalue weighted by atomic mass is 10.2. The third-order valence-electron chi connectivity index (χ3n) is 2.15. The summed E-state index contributed by atoms with van der Waals surface area (Å²) in [7, 11) is 1.67. The van der Waals surface area contributed by atoms with Crippen molar-refractivity contribution in [3.63, 3.8) is 0 Å². The topological polar surface area (TPSA) is 70.2 Å². The average molecular weight is 272 g/mol. The first-order chi connectivity index (χ1) is 8.13. The van der Waals surface area contributed by atoms with Gasteiger partial charge in [-0.2, -0.15) is 0 Å². The summed E-state index contributed by atoms with van der Waals surface area (Å²) in [5.41, 5.74) is 0.715. The number of carbonyl (C=O) groups excluding carboxylic acids is 2. The molecule has 1 atom stereocenters. The Balaban J connectivity index is 0.00000289. The molecule has 1 unspecified atom stereocenters. The molecule has 0 aliphatic rings. The number of para-hydroxylation sites is 1. The second-order valence-electron chi connectivity index (χ2n) is 3.67. The lowest BCUT2D eigenvalue weighted by Crippen LogP contribution is -2.44. The Kier molecular flexibility index (Phi) is 7.74. The molecule has 3 N–H and O–H groups in total. The number of rotatable bonds is 5. The van der Waals surface area contributed by atoms with Gasteiger partial charge in [0.2, 0.25) is 11.8 Å². The Labute approximate surface area is 113 Å². The van der Waals surface area contributed by atoms with Crippen LogP contribution in [0.5, 0.6) is 0 Å². The summed E-state index contributed by atoms with van der Waals surface area (Å²) in [6, 6.07) is 8.56. The van der Waals surface area contributed by atoms with E-state index in [9.17, 15) is 9.59 Å². The van der Waals surface area contributed by atoms with Gasteiger partial charge in [-0.15, -0.1) is 12.4 Å². The number of anilines is 1. The van der Waals surface area contributed by atoms with E-state index >= 15 is 0 Å². The molecular formula is C12H18ClN3O2. The van der Waals surface area contributed by atoms with Crippen LogP contribution in [-0.2, 0) is 9.59 Å². The van der Waals surface area contributed by atoms with Crippen molar-refractivity contribution in [1.82, 2.24) is 10.6 Å². The SMILES string of the molecule is CNCC(=O)NC(C)C(=O)Nc1ccccc1.Cl. The molecule has 0 aliphatic heterocycles. The highest BCUT2D eigenvalue weighted by molar-refractivity contribution is 5.97. The molecule has 0 spiro atoms. The first-order valence-electron chi connectivity index (χ1n) is 5.43. The van der Waals surface area contributed by atoms with Gasteiger partial charge in [0.15, 0.2) is 0 Å². The lowest BCUT2D eigenvalue weighted by Gasteiger charge is -2.13. The first kappa shape index (κ1) is 16.4. The molecule has 0 saturated heterocycles. The number of carbonyl (C=O) groups is 2. The highest BCUT2D eigenvalue weighted by Crippen LogP contribution is 2.05. The van der Waals surface area contributed by atoms with E-state index < -0.39 is 6.04 Å². The zero-order chi connectivity index (χ0) is 12.7. The fourth-order valence-electron chi connectivity index (χ4n) is 1.29. The number of benzene rings is 1. The van der Waals surface area contributed by atoms with E-state index in [4.69, 9.17) is 0 Å². The average Bonchev–Trinajstić information content (AvgIpc) is 2.30. The minimum atomic E-state index is -0.559. The van der Waals surface area contributed by atoms with Crippen LogP contribution < -0.4 is 16.0 Å². The smallest absolute Gasteiger partial charge is 0.246 e. The van der Waals surface area contributed by atoms with Crippen LogP contribution in [0.1, 0.15) is 6.92 Å². The van der Waals surface area contributed by atoms with Crippen LogP contribution in [-0.4, -0.2) is 31.4 Å². The van der Waals surface area contributed by atoms with Crippen molar-refractivity contribution in [2.24, 2.45) is 0 Å². The summed E-state index contributed by atoms with van der Waals surface area (Å²) in [6.45, 7) is 1.84. The molecule has 2 amide bonds. The van der Waals surface area contributed by atoms with Gasteiger partial charge in [0.25, 0.3) is 0 Å². The molecule has 1 rings (SSSR count). The zero-order valence-corrected chi connectivity index (χ0v) is 11.2. The van der Waals surface area contributed by atoms with Crippen molar-refractivity contribution in [3.8, 4) is 0 Å².